The number of allylic oxidation sites excluding steroid dienone is 2. The third-order valence-corrected chi connectivity index (χ3v) is 12.2. The Bertz CT molecular complexity index is 754. The highest BCUT2D eigenvalue weighted by atomic mass is 16.5. The summed E-state index contributed by atoms with van der Waals surface area (Å²) in [5.41, 5.74) is 2.08. The maximum atomic E-state index is 11.7. The number of hydrogen-bond donors (Lipinski definition) is 2. The molecule has 4 aliphatic rings. The van der Waals surface area contributed by atoms with E-state index in [0.717, 1.165) is 38.5 Å². The van der Waals surface area contributed by atoms with Crippen molar-refractivity contribution in [1.29, 1.82) is 0 Å². The lowest BCUT2D eigenvalue weighted by Gasteiger charge is -2.70. The fraction of sp³-hybridized carbons (Fsp3) is 0.933. The van der Waals surface area contributed by atoms with Crippen LogP contribution in [0.2, 0.25) is 0 Å². The Labute approximate surface area is 203 Å². The minimum absolute atomic E-state index is 0.105. The van der Waals surface area contributed by atoms with Crippen LogP contribution >= 0.6 is 0 Å². The average molecular weight is 461 g/mol. The number of ether oxygens (including phenoxy) is 1. The number of rotatable bonds is 5. The van der Waals surface area contributed by atoms with Crippen molar-refractivity contribution in [2.24, 2.45) is 45.3 Å². The third kappa shape index (κ3) is 3.70. The Hall–Kier alpha value is -0.380. The fourth-order valence-corrected chi connectivity index (χ4v) is 10.4. The van der Waals surface area contributed by atoms with Crippen molar-refractivity contribution in [2.45, 2.75) is 125 Å². The fourth-order valence-electron chi connectivity index (χ4n) is 10.4. The van der Waals surface area contributed by atoms with Gasteiger partial charge in [-0.3, -0.25) is 0 Å². The van der Waals surface area contributed by atoms with Crippen molar-refractivity contribution in [3.8, 4) is 0 Å². The number of fused-ring (bicyclic) bond motifs is 5. The Kier molecular flexibility index (Phi) is 6.72. The van der Waals surface area contributed by atoms with Gasteiger partial charge in [-0.05, 0) is 117 Å². The Morgan fingerprint density at radius 1 is 0.970 bits per heavy atom. The summed E-state index contributed by atoms with van der Waals surface area (Å²) in [6.07, 6.45) is 11.7. The molecule has 33 heavy (non-hydrogen) atoms. The monoisotopic (exact) mass is 460 g/mol. The molecule has 0 bridgehead atoms. The largest absolute Gasteiger partial charge is 0.393 e. The molecule has 4 aliphatic carbocycles. The van der Waals surface area contributed by atoms with E-state index in [1.54, 1.807) is 0 Å². The molecule has 0 saturated heterocycles. The van der Waals surface area contributed by atoms with E-state index in [2.05, 4.69) is 54.5 Å². The second-order valence-electron chi connectivity index (χ2n) is 14.0. The van der Waals surface area contributed by atoms with Gasteiger partial charge >= 0.3 is 0 Å². The minimum atomic E-state index is -0.301. The number of methoxy groups -OCH3 is 1. The van der Waals surface area contributed by atoms with Gasteiger partial charge in [0.2, 0.25) is 0 Å². The molecule has 0 spiro atoms. The van der Waals surface area contributed by atoms with Gasteiger partial charge in [0.15, 0.2) is 0 Å². The van der Waals surface area contributed by atoms with Crippen LogP contribution in [-0.4, -0.2) is 35.6 Å². The summed E-state index contributed by atoms with van der Waals surface area (Å²) in [6, 6.07) is 0. The van der Waals surface area contributed by atoms with Gasteiger partial charge in [-0.2, -0.15) is 0 Å². The third-order valence-electron chi connectivity index (χ3n) is 12.2. The van der Waals surface area contributed by atoms with Crippen molar-refractivity contribution in [3.63, 3.8) is 0 Å². The van der Waals surface area contributed by atoms with Crippen LogP contribution in [0.5, 0.6) is 0 Å². The van der Waals surface area contributed by atoms with Gasteiger partial charge in [0.25, 0.3) is 0 Å². The highest BCUT2D eigenvalue weighted by molar-refractivity contribution is 5.19. The summed E-state index contributed by atoms with van der Waals surface area (Å²) in [7, 11) is 1.89. The van der Waals surface area contributed by atoms with Crippen molar-refractivity contribution in [1.82, 2.24) is 0 Å². The maximum absolute atomic E-state index is 11.7. The number of aliphatic hydroxyl groups excluding tert-OH is 2. The maximum Gasteiger partial charge on any atom is 0.0625 e. The zero-order valence-corrected chi connectivity index (χ0v) is 22.8. The summed E-state index contributed by atoms with van der Waals surface area (Å²) in [5, 5.41) is 22.9. The highest BCUT2D eigenvalue weighted by Crippen LogP contribution is 2.75. The first-order valence-corrected chi connectivity index (χ1v) is 13.8. The predicted molar refractivity (Wildman–Crippen MR) is 136 cm³/mol. The smallest absolute Gasteiger partial charge is 0.0625 e. The lowest BCUT2D eigenvalue weighted by Crippen LogP contribution is -2.66. The lowest BCUT2D eigenvalue weighted by molar-refractivity contribution is -0.246. The van der Waals surface area contributed by atoms with Gasteiger partial charge in [-0.15, -0.1) is 0 Å². The van der Waals surface area contributed by atoms with Gasteiger partial charge in [-0.25, -0.2) is 0 Å². The van der Waals surface area contributed by atoms with Crippen LogP contribution in [0.25, 0.3) is 0 Å². The first-order chi connectivity index (χ1) is 15.3. The van der Waals surface area contributed by atoms with Crippen molar-refractivity contribution in [3.05, 3.63) is 11.6 Å². The van der Waals surface area contributed by atoms with Crippen LogP contribution in [0.3, 0.4) is 0 Å². The SMILES string of the molecule is CO[C@H]1CC[C@@]2(C)C(CC[C@]3(C)C2C[C@@H](O)C2C([C@H](O)CCC=C(C)C)CC[C@]23C)C1(C)C. The Morgan fingerprint density at radius 2 is 1.64 bits per heavy atom. The van der Waals surface area contributed by atoms with E-state index in [0.29, 0.717) is 17.9 Å². The lowest BCUT2D eigenvalue weighted by atomic mass is 9.35. The molecular weight excluding hydrogens is 408 g/mol. The summed E-state index contributed by atoms with van der Waals surface area (Å²) < 4.78 is 5.98. The molecule has 0 aromatic carbocycles. The van der Waals surface area contributed by atoms with E-state index < -0.39 is 0 Å². The molecule has 0 aliphatic heterocycles. The van der Waals surface area contributed by atoms with Crippen LogP contribution in [0.4, 0.5) is 0 Å². The average Bonchev–Trinajstić information content (AvgIpc) is 3.09. The minimum Gasteiger partial charge on any atom is -0.393 e. The van der Waals surface area contributed by atoms with Crippen LogP contribution in [0.15, 0.2) is 11.6 Å². The molecule has 4 unspecified atom stereocenters. The summed E-state index contributed by atoms with van der Waals surface area (Å²) in [4.78, 5) is 0. The van der Waals surface area contributed by atoms with Gasteiger partial charge in [-0.1, -0.05) is 46.3 Å². The molecule has 0 aromatic heterocycles. The van der Waals surface area contributed by atoms with E-state index in [-0.39, 0.29) is 45.7 Å². The van der Waals surface area contributed by atoms with Gasteiger partial charge < -0.3 is 14.9 Å². The summed E-state index contributed by atoms with van der Waals surface area (Å²) >= 11 is 0. The molecule has 3 heteroatoms. The van der Waals surface area contributed by atoms with Gasteiger partial charge in [0.1, 0.15) is 0 Å². The summed E-state index contributed by atoms with van der Waals surface area (Å²) in [5.74, 6) is 1.64. The van der Waals surface area contributed by atoms with E-state index >= 15 is 0 Å². The molecule has 0 radical (unpaired) electrons. The predicted octanol–water partition coefficient (Wildman–Crippen LogP) is 6.76. The molecule has 4 rings (SSSR count). The van der Waals surface area contributed by atoms with Gasteiger partial charge in [0.05, 0.1) is 18.3 Å². The zero-order valence-electron chi connectivity index (χ0n) is 22.8. The van der Waals surface area contributed by atoms with E-state index in [1.807, 2.05) is 7.11 Å². The van der Waals surface area contributed by atoms with Gasteiger partial charge in [0, 0.05) is 7.11 Å². The van der Waals surface area contributed by atoms with Crippen LogP contribution in [0, 0.1) is 45.3 Å². The van der Waals surface area contributed by atoms with E-state index in [9.17, 15) is 10.2 Å². The molecule has 0 heterocycles. The number of hydrogen-bond acceptors (Lipinski definition) is 3. The molecule has 3 nitrogen and oxygen atoms in total. The van der Waals surface area contributed by atoms with Crippen LogP contribution in [0.1, 0.15) is 106 Å². The topological polar surface area (TPSA) is 49.7 Å². The first kappa shape index (κ1) is 25.7. The second-order valence-corrected chi connectivity index (χ2v) is 14.0. The van der Waals surface area contributed by atoms with Crippen LogP contribution in [-0.2, 0) is 4.74 Å². The standard InChI is InChI=1S/C30H52O3/c1-19(2)10-9-11-21(31)20-12-16-30(7)26(20)22(32)18-24-28(5)15-14-25(33-8)27(3,4)23(28)13-17-29(24,30)6/h10,20-26,31-32H,9,11-18H2,1-8H3/t20?,21-,22-,23?,24?,25+,26?,28+,29-,30-/m1/s1. The first-order valence-electron chi connectivity index (χ1n) is 13.8. The Morgan fingerprint density at radius 3 is 2.27 bits per heavy atom. The normalized spacial score (nSPS) is 49.5. The zero-order chi connectivity index (χ0) is 24.4. The molecule has 190 valence electrons. The van der Waals surface area contributed by atoms with Crippen LogP contribution < -0.4 is 0 Å². The second kappa shape index (κ2) is 8.63. The molecule has 4 saturated carbocycles. The van der Waals surface area contributed by atoms with Crippen molar-refractivity contribution >= 4 is 0 Å². The molecule has 10 atom stereocenters. The molecule has 0 aromatic rings. The van der Waals surface area contributed by atoms with Crippen molar-refractivity contribution in [2.75, 3.05) is 7.11 Å². The molecule has 4 fully saturated rings. The Balaban J connectivity index is 1.63. The van der Waals surface area contributed by atoms with E-state index in [4.69, 9.17) is 4.74 Å². The highest BCUT2D eigenvalue weighted by Gasteiger charge is 2.70. The van der Waals surface area contributed by atoms with Crippen molar-refractivity contribution < 1.29 is 14.9 Å². The molecule has 2 N–H and O–H groups in total. The summed E-state index contributed by atoms with van der Waals surface area (Å²) in [6.45, 7) is 16.8. The van der Waals surface area contributed by atoms with E-state index in [1.165, 1.54) is 24.8 Å². The quantitative estimate of drug-likeness (QED) is 0.445. The molecular formula is C30H52O3. The molecule has 0 amide bonds. The number of aliphatic hydroxyl groups is 2.